The van der Waals surface area contributed by atoms with Crippen molar-refractivity contribution in [2.24, 2.45) is 0 Å². The Hall–Kier alpha value is -2.96. The molecule has 7 heteroatoms. The minimum Gasteiger partial charge on any atom is -0.504 e. The number of aromatic hydroxyl groups is 1. The lowest BCUT2D eigenvalue weighted by Gasteiger charge is -2.44. The van der Waals surface area contributed by atoms with E-state index in [1.807, 2.05) is 4.68 Å². The molecule has 7 nitrogen and oxygen atoms in total. The first-order valence-corrected chi connectivity index (χ1v) is 8.84. The Bertz CT molecular complexity index is 1010. The number of nitrogens with zero attached hydrogens (tertiary/aromatic N) is 2. The van der Waals surface area contributed by atoms with E-state index in [0.29, 0.717) is 11.4 Å². The molecule has 27 heavy (non-hydrogen) atoms. The van der Waals surface area contributed by atoms with Gasteiger partial charge in [-0.15, -0.1) is 0 Å². The fourth-order valence-electron chi connectivity index (χ4n) is 4.29. The summed E-state index contributed by atoms with van der Waals surface area (Å²) in [5, 5.41) is 12.5. The van der Waals surface area contributed by atoms with Crippen LogP contribution in [0.3, 0.4) is 0 Å². The lowest BCUT2D eigenvalue weighted by molar-refractivity contribution is 0.0598. The van der Waals surface area contributed by atoms with Gasteiger partial charge in [-0.25, -0.2) is 4.79 Å². The van der Waals surface area contributed by atoms with E-state index in [0.717, 1.165) is 24.0 Å². The number of esters is 1. The molecule has 4 rings (SSSR count). The van der Waals surface area contributed by atoms with Crippen LogP contribution in [0.15, 0.2) is 29.2 Å². The standard InChI is InChI=1S/C20H22N2O5/c1-20(2)6-5-14-11-7-17(24)18(26-3)8-12(11)15-9-16(23)13(19(25)27-4)10-21(15)22(14)20/h7-10,14,24H,5-6H2,1-4H3/t14-/m1/s1. The molecule has 2 aromatic rings. The van der Waals surface area contributed by atoms with Gasteiger partial charge in [0.2, 0.25) is 0 Å². The highest BCUT2D eigenvalue weighted by molar-refractivity contribution is 5.89. The van der Waals surface area contributed by atoms with Gasteiger partial charge in [0.1, 0.15) is 5.56 Å². The molecular formula is C20H22N2O5. The molecule has 1 aromatic heterocycles. The lowest BCUT2D eigenvalue weighted by atomic mass is 9.93. The number of methoxy groups -OCH3 is 2. The zero-order valence-corrected chi connectivity index (χ0v) is 15.8. The van der Waals surface area contributed by atoms with Crippen molar-refractivity contribution in [1.29, 1.82) is 0 Å². The van der Waals surface area contributed by atoms with Crippen molar-refractivity contribution < 1.29 is 19.4 Å². The zero-order chi connectivity index (χ0) is 19.5. The summed E-state index contributed by atoms with van der Waals surface area (Å²) in [4.78, 5) is 24.6. The van der Waals surface area contributed by atoms with Crippen LogP contribution in [0.5, 0.6) is 11.5 Å². The van der Waals surface area contributed by atoms with Gasteiger partial charge < -0.3 is 14.6 Å². The van der Waals surface area contributed by atoms with Crippen LogP contribution in [-0.2, 0) is 4.74 Å². The number of carbonyl (C=O) groups excluding carboxylic acids is 1. The third-order valence-corrected chi connectivity index (χ3v) is 5.60. The number of rotatable bonds is 2. The maximum absolute atomic E-state index is 12.6. The van der Waals surface area contributed by atoms with Crippen LogP contribution >= 0.6 is 0 Å². The molecule has 3 heterocycles. The summed E-state index contributed by atoms with van der Waals surface area (Å²) >= 11 is 0. The SMILES string of the molecule is COC(=O)c1cn2c(cc1=O)-c1cc(OC)c(O)cc1[C@H]1CCC(C)(C)N12. The second-order valence-electron chi connectivity index (χ2n) is 7.60. The first kappa shape index (κ1) is 17.5. The molecule has 0 radical (unpaired) electrons. The fraction of sp³-hybridized carbons (Fsp3) is 0.400. The number of phenols is 1. The predicted molar refractivity (Wildman–Crippen MR) is 100.0 cm³/mol. The van der Waals surface area contributed by atoms with E-state index in [2.05, 4.69) is 18.9 Å². The zero-order valence-electron chi connectivity index (χ0n) is 15.8. The van der Waals surface area contributed by atoms with Crippen molar-refractivity contribution in [2.45, 2.75) is 38.3 Å². The van der Waals surface area contributed by atoms with Crippen molar-refractivity contribution in [3.05, 3.63) is 45.7 Å². The Morgan fingerprint density at radius 3 is 2.67 bits per heavy atom. The minimum atomic E-state index is -0.655. The average Bonchev–Trinajstić information content (AvgIpc) is 2.96. The molecule has 1 fully saturated rings. The second kappa shape index (κ2) is 5.77. The third kappa shape index (κ3) is 2.41. The van der Waals surface area contributed by atoms with Gasteiger partial charge in [-0.2, -0.15) is 0 Å². The van der Waals surface area contributed by atoms with Crippen LogP contribution in [0.1, 0.15) is 48.7 Å². The Kier molecular flexibility index (Phi) is 3.73. The normalized spacial score (nSPS) is 19.1. The van der Waals surface area contributed by atoms with Crippen LogP contribution in [0, 0.1) is 0 Å². The minimum absolute atomic E-state index is 0.00288. The second-order valence-corrected chi connectivity index (χ2v) is 7.60. The maximum Gasteiger partial charge on any atom is 0.343 e. The maximum atomic E-state index is 12.6. The van der Waals surface area contributed by atoms with Gasteiger partial charge in [0.25, 0.3) is 0 Å². The smallest absolute Gasteiger partial charge is 0.343 e. The summed E-state index contributed by atoms with van der Waals surface area (Å²) in [5.41, 5.74) is 1.83. The van der Waals surface area contributed by atoms with Gasteiger partial charge in [0.15, 0.2) is 16.9 Å². The van der Waals surface area contributed by atoms with Gasteiger partial charge in [0.05, 0.1) is 31.5 Å². The summed E-state index contributed by atoms with van der Waals surface area (Å²) in [7, 11) is 2.75. The van der Waals surface area contributed by atoms with Gasteiger partial charge in [-0.3, -0.25) is 14.5 Å². The molecule has 2 aliphatic heterocycles. The number of aromatic nitrogens is 1. The Morgan fingerprint density at radius 1 is 1.26 bits per heavy atom. The summed E-state index contributed by atoms with van der Waals surface area (Å²) in [6.07, 6.45) is 3.39. The lowest BCUT2D eigenvalue weighted by Crippen LogP contribution is -2.50. The number of ether oxygens (including phenoxy) is 2. The first-order valence-electron chi connectivity index (χ1n) is 8.84. The van der Waals surface area contributed by atoms with E-state index in [4.69, 9.17) is 9.47 Å². The molecule has 0 spiro atoms. The van der Waals surface area contributed by atoms with Crippen LogP contribution in [0.2, 0.25) is 0 Å². The molecule has 0 aliphatic carbocycles. The molecule has 1 aromatic carbocycles. The molecule has 1 saturated heterocycles. The highest BCUT2D eigenvalue weighted by Crippen LogP contribution is 2.50. The number of hydrogen-bond acceptors (Lipinski definition) is 6. The van der Waals surface area contributed by atoms with E-state index < -0.39 is 11.4 Å². The Labute approximate surface area is 156 Å². The summed E-state index contributed by atoms with van der Waals surface area (Å²) in [6.45, 7) is 4.25. The largest absolute Gasteiger partial charge is 0.504 e. The molecule has 0 unspecified atom stereocenters. The number of fused-ring (bicyclic) bond motifs is 6. The van der Waals surface area contributed by atoms with E-state index in [1.54, 1.807) is 18.3 Å². The molecule has 0 bridgehead atoms. The molecule has 0 saturated carbocycles. The first-order chi connectivity index (χ1) is 12.8. The molecular weight excluding hydrogens is 348 g/mol. The Morgan fingerprint density at radius 2 is 2.00 bits per heavy atom. The number of phenolic OH excluding ortho intramolecular Hbond substituents is 1. The van der Waals surface area contributed by atoms with Gasteiger partial charge >= 0.3 is 5.97 Å². The summed E-state index contributed by atoms with van der Waals surface area (Å²) in [6, 6.07) is 4.94. The summed E-state index contributed by atoms with van der Waals surface area (Å²) < 4.78 is 11.9. The highest BCUT2D eigenvalue weighted by atomic mass is 16.5. The van der Waals surface area contributed by atoms with Crippen LogP contribution < -0.4 is 15.2 Å². The van der Waals surface area contributed by atoms with Gasteiger partial charge in [-0.1, -0.05) is 0 Å². The molecule has 1 atom stereocenters. The fourth-order valence-corrected chi connectivity index (χ4v) is 4.29. The number of pyridine rings is 1. The monoisotopic (exact) mass is 370 g/mol. The molecule has 142 valence electrons. The van der Waals surface area contributed by atoms with E-state index >= 15 is 0 Å². The summed E-state index contributed by atoms with van der Waals surface area (Å²) in [5.74, 6) is -0.240. The van der Waals surface area contributed by atoms with Crippen LogP contribution in [0.4, 0.5) is 0 Å². The van der Waals surface area contributed by atoms with Crippen LogP contribution in [0.25, 0.3) is 11.3 Å². The van der Waals surface area contributed by atoms with Crippen molar-refractivity contribution in [3.8, 4) is 22.8 Å². The van der Waals surface area contributed by atoms with E-state index in [1.165, 1.54) is 20.3 Å². The van der Waals surface area contributed by atoms with Gasteiger partial charge in [-0.05, 0) is 44.4 Å². The Balaban J connectivity index is 2.05. The number of hydrogen-bond donors (Lipinski definition) is 1. The van der Waals surface area contributed by atoms with Crippen molar-refractivity contribution >= 4 is 5.97 Å². The third-order valence-electron chi connectivity index (χ3n) is 5.60. The van der Waals surface area contributed by atoms with Crippen LogP contribution in [-0.4, -0.2) is 35.5 Å². The quantitative estimate of drug-likeness (QED) is 0.819. The molecule has 1 N–H and O–H groups in total. The molecule has 2 aliphatic rings. The van der Waals surface area contributed by atoms with Gasteiger partial charge in [0, 0.05) is 17.8 Å². The topological polar surface area (TPSA) is 81.0 Å². The predicted octanol–water partition coefficient (Wildman–Crippen LogP) is 2.58. The van der Waals surface area contributed by atoms with E-state index in [-0.39, 0.29) is 22.9 Å². The highest BCUT2D eigenvalue weighted by Gasteiger charge is 2.45. The van der Waals surface area contributed by atoms with E-state index in [9.17, 15) is 14.7 Å². The number of carbonyl (C=O) groups is 1. The van der Waals surface area contributed by atoms with Crippen molar-refractivity contribution in [3.63, 3.8) is 0 Å². The van der Waals surface area contributed by atoms with Crippen molar-refractivity contribution in [1.82, 2.24) is 4.68 Å². The average molecular weight is 370 g/mol. The molecule has 0 amide bonds. The number of benzene rings is 1. The van der Waals surface area contributed by atoms with Crippen molar-refractivity contribution in [2.75, 3.05) is 19.2 Å².